The second kappa shape index (κ2) is 4.95. The summed E-state index contributed by atoms with van der Waals surface area (Å²) in [5, 5.41) is 5.93. The van der Waals surface area contributed by atoms with Crippen molar-refractivity contribution in [2.24, 2.45) is 0 Å². The first kappa shape index (κ1) is 10.2. The average molecular weight is 160 g/mol. The Morgan fingerprint density at radius 3 is 2.64 bits per heavy atom. The molecular weight excluding hydrogens is 148 g/mol. The van der Waals surface area contributed by atoms with Gasteiger partial charge in [-0.05, 0) is 0 Å². The molecule has 0 aromatic heterocycles. The van der Waals surface area contributed by atoms with Crippen molar-refractivity contribution in [3.63, 3.8) is 0 Å². The van der Waals surface area contributed by atoms with Gasteiger partial charge in [0, 0.05) is 19.6 Å². The van der Waals surface area contributed by atoms with Gasteiger partial charge in [0.05, 0.1) is 6.04 Å². The first-order chi connectivity index (χ1) is 4.84. The van der Waals surface area contributed by atoms with Crippen LogP contribution in [0.15, 0.2) is 0 Å². The van der Waals surface area contributed by atoms with Crippen molar-refractivity contribution in [2.75, 3.05) is 19.6 Å². The molecule has 5 nitrogen and oxygen atoms in total. The lowest BCUT2D eigenvalue weighted by Crippen LogP contribution is -2.52. The molecule has 1 fully saturated rings. The van der Waals surface area contributed by atoms with Crippen LogP contribution in [0.25, 0.3) is 0 Å². The van der Waals surface area contributed by atoms with E-state index in [1.54, 1.807) is 0 Å². The van der Waals surface area contributed by atoms with E-state index in [-0.39, 0.29) is 17.3 Å². The van der Waals surface area contributed by atoms with Crippen molar-refractivity contribution in [1.82, 2.24) is 10.6 Å². The fourth-order valence-electron chi connectivity index (χ4n) is 0.937. The third-order valence-corrected chi connectivity index (χ3v) is 1.50. The molecule has 1 aliphatic rings. The molecule has 0 amide bonds. The average Bonchev–Trinajstić information content (AvgIpc) is 2.05. The van der Waals surface area contributed by atoms with Gasteiger partial charge in [0.2, 0.25) is 5.78 Å². The summed E-state index contributed by atoms with van der Waals surface area (Å²) < 4.78 is 0. The van der Waals surface area contributed by atoms with Crippen molar-refractivity contribution in [3.05, 3.63) is 0 Å². The summed E-state index contributed by atoms with van der Waals surface area (Å²) in [4.78, 5) is 20.7. The summed E-state index contributed by atoms with van der Waals surface area (Å²) >= 11 is 0. The Labute approximate surface area is 64.5 Å². The molecule has 11 heavy (non-hydrogen) atoms. The van der Waals surface area contributed by atoms with Crippen LogP contribution in [-0.4, -0.2) is 43.2 Å². The summed E-state index contributed by atoms with van der Waals surface area (Å²) in [5.41, 5.74) is 0. The summed E-state index contributed by atoms with van der Waals surface area (Å²) in [6.07, 6.45) is 0.366. The molecule has 0 aromatic carbocycles. The number of aldehydes is 1. The Balaban J connectivity index is 0.000001000. The quantitative estimate of drug-likeness (QED) is 0.345. The fraction of sp³-hybridized carbons (Fsp3) is 0.667. The van der Waals surface area contributed by atoms with Crippen LogP contribution in [0.1, 0.15) is 0 Å². The number of carbonyl (C=O) groups excluding carboxylic acids is 2. The van der Waals surface area contributed by atoms with Gasteiger partial charge in [-0.15, -0.1) is 0 Å². The molecular formula is C6H12N2O3. The van der Waals surface area contributed by atoms with Gasteiger partial charge in [-0.1, -0.05) is 0 Å². The third-order valence-electron chi connectivity index (χ3n) is 1.50. The molecule has 1 saturated heterocycles. The highest BCUT2D eigenvalue weighted by molar-refractivity contribution is 6.27. The topological polar surface area (TPSA) is 89.7 Å². The molecule has 1 atom stereocenters. The van der Waals surface area contributed by atoms with Crippen LogP contribution in [0.3, 0.4) is 0 Å². The molecule has 0 aromatic rings. The van der Waals surface area contributed by atoms with Crippen LogP contribution in [0.2, 0.25) is 0 Å². The summed E-state index contributed by atoms with van der Waals surface area (Å²) in [5.74, 6) is -0.368. The van der Waals surface area contributed by atoms with Gasteiger partial charge in [0.1, 0.15) is 0 Å². The van der Waals surface area contributed by atoms with Crippen molar-refractivity contribution in [3.8, 4) is 0 Å². The highest BCUT2D eigenvalue weighted by Crippen LogP contribution is 1.85. The molecule has 0 radical (unpaired) electrons. The zero-order valence-electron chi connectivity index (χ0n) is 6.09. The van der Waals surface area contributed by atoms with Gasteiger partial charge in [0.25, 0.3) is 0 Å². The zero-order valence-corrected chi connectivity index (χ0v) is 6.09. The normalized spacial score (nSPS) is 23.5. The lowest BCUT2D eigenvalue weighted by Gasteiger charge is -2.20. The minimum Gasteiger partial charge on any atom is -0.412 e. The van der Waals surface area contributed by atoms with Gasteiger partial charge >= 0.3 is 0 Å². The van der Waals surface area contributed by atoms with E-state index in [1.807, 2.05) is 0 Å². The van der Waals surface area contributed by atoms with Crippen LogP contribution in [-0.2, 0) is 9.59 Å². The maximum Gasteiger partial charge on any atom is 0.213 e. The van der Waals surface area contributed by atoms with Crippen LogP contribution in [0.4, 0.5) is 0 Å². The highest BCUT2D eigenvalue weighted by Gasteiger charge is 2.18. The van der Waals surface area contributed by atoms with Crippen LogP contribution in [0.5, 0.6) is 0 Å². The van der Waals surface area contributed by atoms with Gasteiger partial charge in [-0.25, -0.2) is 0 Å². The molecule has 0 spiro atoms. The smallest absolute Gasteiger partial charge is 0.213 e. The largest absolute Gasteiger partial charge is 0.412 e. The molecule has 1 heterocycles. The number of hydrogen-bond donors (Lipinski definition) is 2. The lowest BCUT2D eigenvalue weighted by atomic mass is 10.2. The minimum atomic E-state index is -0.368. The molecule has 5 heteroatoms. The number of hydrogen-bond acceptors (Lipinski definition) is 4. The Morgan fingerprint density at radius 2 is 2.18 bits per heavy atom. The van der Waals surface area contributed by atoms with Gasteiger partial charge in [-0.2, -0.15) is 0 Å². The van der Waals surface area contributed by atoms with Gasteiger partial charge in [0.15, 0.2) is 6.29 Å². The second-order valence-electron chi connectivity index (χ2n) is 2.23. The molecule has 64 valence electrons. The zero-order chi connectivity index (χ0) is 7.40. The molecule has 1 rings (SSSR count). The van der Waals surface area contributed by atoms with Gasteiger partial charge < -0.3 is 16.1 Å². The minimum absolute atomic E-state index is 0. The summed E-state index contributed by atoms with van der Waals surface area (Å²) in [6.45, 7) is 2.18. The third kappa shape index (κ3) is 2.75. The first-order valence-corrected chi connectivity index (χ1v) is 3.27. The van der Waals surface area contributed by atoms with E-state index >= 15 is 0 Å². The van der Waals surface area contributed by atoms with E-state index in [0.717, 1.165) is 13.1 Å². The molecule has 1 unspecified atom stereocenters. The Morgan fingerprint density at radius 1 is 1.45 bits per heavy atom. The molecule has 1 aliphatic heterocycles. The number of carbonyl (C=O) groups is 2. The van der Waals surface area contributed by atoms with Crippen LogP contribution >= 0.6 is 0 Å². The summed E-state index contributed by atoms with van der Waals surface area (Å²) in [6, 6.07) is -0.300. The second-order valence-corrected chi connectivity index (χ2v) is 2.23. The first-order valence-electron chi connectivity index (χ1n) is 3.27. The maximum atomic E-state index is 10.7. The van der Waals surface area contributed by atoms with E-state index < -0.39 is 0 Å². The molecule has 0 saturated carbocycles. The van der Waals surface area contributed by atoms with Crippen LogP contribution < -0.4 is 10.6 Å². The van der Waals surface area contributed by atoms with Crippen molar-refractivity contribution in [2.45, 2.75) is 6.04 Å². The number of ketones is 1. The molecule has 0 bridgehead atoms. The SMILES string of the molecule is O.O=CC(=O)C1CNCCN1. The number of piperazine rings is 1. The van der Waals surface area contributed by atoms with Crippen LogP contribution in [0, 0.1) is 0 Å². The molecule has 4 N–H and O–H groups in total. The van der Waals surface area contributed by atoms with Crippen molar-refractivity contribution in [1.29, 1.82) is 0 Å². The standard InChI is InChI=1S/C6H10N2O2.H2O/c9-4-6(10)5-3-7-1-2-8-5;/h4-5,7-8H,1-3H2;1H2. The predicted molar refractivity (Wildman–Crippen MR) is 39.3 cm³/mol. The van der Waals surface area contributed by atoms with E-state index in [2.05, 4.69) is 10.6 Å². The Bertz CT molecular complexity index is 143. The predicted octanol–water partition coefficient (Wildman–Crippen LogP) is -2.51. The highest BCUT2D eigenvalue weighted by atomic mass is 16.2. The van der Waals surface area contributed by atoms with E-state index in [1.165, 1.54) is 0 Å². The lowest BCUT2D eigenvalue weighted by molar-refractivity contribution is -0.131. The number of rotatable bonds is 2. The van der Waals surface area contributed by atoms with Crippen molar-refractivity contribution < 1.29 is 15.1 Å². The monoisotopic (exact) mass is 160 g/mol. The number of nitrogens with one attached hydrogen (secondary N) is 2. The van der Waals surface area contributed by atoms with Crippen molar-refractivity contribution >= 4 is 12.1 Å². The van der Waals surface area contributed by atoms with E-state index in [4.69, 9.17) is 0 Å². The number of Topliss-reactive ketones (excluding diaryl/α,β-unsaturated/α-hetero) is 1. The Hall–Kier alpha value is -0.780. The van der Waals surface area contributed by atoms with E-state index in [0.29, 0.717) is 12.8 Å². The fourth-order valence-corrected chi connectivity index (χ4v) is 0.937. The summed E-state index contributed by atoms with van der Waals surface area (Å²) in [7, 11) is 0. The molecule has 0 aliphatic carbocycles. The Kier molecular flexibility index (Phi) is 4.60. The van der Waals surface area contributed by atoms with E-state index in [9.17, 15) is 9.59 Å². The maximum absolute atomic E-state index is 10.7. The van der Waals surface area contributed by atoms with Gasteiger partial charge in [-0.3, -0.25) is 9.59 Å².